The van der Waals surface area contributed by atoms with Gasteiger partial charge in [0.25, 0.3) is 0 Å². The van der Waals surface area contributed by atoms with Crippen LogP contribution < -0.4 is 5.32 Å². The van der Waals surface area contributed by atoms with Gasteiger partial charge in [0.05, 0.1) is 0 Å². The predicted molar refractivity (Wildman–Crippen MR) is 72.3 cm³/mol. The molecular weight excluding hydrogens is 224 g/mol. The number of hydrogen-bond acceptors (Lipinski definition) is 1. The number of amides is 1. The third kappa shape index (κ3) is 2.13. The minimum absolute atomic E-state index is 0.224. The van der Waals surface area contributed by atoms with Gasteiger partial charge in [-0.3, -0.25) is 4.79 Å². The number of benzene rings is 1. The second kappa shape index (κ2) is 4.48. The average Bonchev–Trinajstić information content (AvgIpc) is 2.98. The van der Waals surface area contributed by atoms with Crippen molar-refractivity contribution in [3.63, 3.8) is 0 Å². The third-order valence-corrected chi connectivity index (χ3v) is 3.81. The summed E-state index contributed by atoms with van der Waals surface area (Å²) >= 11 is 0. The molecule has 1 fully saturated rings. The van der Waals surface area contributed by atoms with Crippen LogP contribution in [0.4, 0.5) is 0 Å². The van der Waals surface area contributed by atoms with Crippen molar-refractivity contribution >= 4 is 16.8 Å². The Kier molecular flexibility index (Phi) is 2.82. The van der Waals surface area contributed by atoms with Crippen molar-refractivity contribution in [2.75, 3.05) is 6.54 Å². The van der Waals surface area contributed by atoms with Gasteiger partial charge in [-0.2, -0.15) is 0 Å². The average molecular weight is 242 g/mol. The molecule has 1 aliphatic rings. The van der Waals surface area contributed by atoms with Crippen LogP contribution in [0.15, 0.2) is 30.5 Å². The third-order valence-electron chi connectivity index (χ3n) is 3.81. The molecule has 3 nitrogen and oxygen atoms in total. The van der Waals surface area contributed by atoms with Gasteiger partial charge in [-0.25, -0.2) is 0 Å². The summed E-state index contributed by atoms with van der Waals surface area (Å²) in [7, 11) is 0. The molecule has 94 valence electrons. The van der Waals surface area contributed by atoms with Gasteiger partial charge < -0.3 is 10.3 Å². The number of H-pyrrole nitrogens is 1. The largest absolute Gasteiger partial charge is 0.361 e. The number of carbonyl (C=O) groups excluding carboxylic acids is 1. The Bertz CT molecular complexity index is 573. The number of aromatic amines is 1. The zero-order valence-corrected chi connectivity index (χ0v) is 10.6. The van der Waals surface area contributed by atoms with E-state index in [0.717, 1.165) is 24.9 Å². The summed E-state index contributed by atoms with van der Waals surface area (Å²) in [5.74, 6) is 1.08. The zero-order chi connectivity index (χ0) is 12.5. The van der Waals surface area contributed by atoms with Gasteiger partial charge in [0.2, 0.25) is 5.91 Å². The van der Waals surface area contributed by atoms with E-state index in [9.17, 15) is 4.79 Å². The molecule has 1 aromatic carbocycles. The normalized spacial score (nSPS) is 22.1. The minimum Gasteiger partial charge on any atom is -0.361 e. The highest BCUT2D eigenvalue weighted by Gasteiger charge is 2.38. The minimum atomic E-state index is 0.224. The topological polar surface area (TPSA) is 44.9 Å². The van der Waals surface area contributed by atoms with Gasteiger partial charge in [-0.05, 0) is 30.4 Å². The molecule has 2 atom stereocenters. The predicted octanol–water partition coefficient (Wildman–Crippen LogP) is 2.48. The lowest BCUT2D eigenvalue weighted by molar-refractivity contribution is -0.122. The highest BCUT2D eigenvalue weighted by Crippen LogP contribution is 2.37. The second-order valence-corrected chi connectivity index (χ2v) is 5.22. The molecule has 3 rings (SSSR count). The Morgan fingerprint density at radius 3 is 3.00 bits per heavy atom. The maximum Gasteiger partial charge on any atom is 0.223 e. The van der Waals surface area contributed by atoms with Gasteiger partial charge in [-0.1, -0.05) is 25.1 Å². The van der Waals surface area contributed by atoms with Crippen LogP contribution in [0.25, 0.3) is 10.9 Å². The van der Waals surface area contributed by atoms with Gasteiger partial charge in [0.1, 0.15) is 0 Å². The molecule has 0 radical (unpaired) electrons. The smallest absolute Gasteiger partial charge is 0.223 e. The highest BCUT2D eigenvalue weighted by molar-refractivity contribution is 5.83. The first kappa shape index (κ1) is 11.3. The fourth-order valence-corrected chi connectivity index (χ4v) is 2.48. The van der Waals surface area contributed by atoms with E-state index in [4.69, 9.17) is 0 Å². The molecule has 0 aliphatic heterocycles. The first-order chi connectivity index (χ1) is 8.75. The summed E-state index contributed by atoms with van der Waals surface area (Å²) in [5, 5.41) is 4.28. The number of aromatic nitrogens is 1. The summed E-state index contributed by atoms with van der Waals surface area (Å²) in [6, 6.07) is 8.26. The van der Waals surface area contributed by atoms with Crippen LogP contribution in [0.1, 0.15) is 18.9 Å². The Hall–Kier alpha value is -1.77. The van der Waals surface area contributed by atoms with E-state index in [1.165, 1.54) is 10.9 Å². The quantitative estimate of drug-likeness (QED) is 0.850. The Morgan fingerprint density at radius 1 is 1.44 bits per heavy atom. The van der Waals surface area contributed by atoms with Crippen LogP contribution >= 0.6 is 0 Å². The molecule has 1 saturated carbocycles. The summed E-state index contributed by atoms with van der Waals surface area (Å²) in [6.45, 7) is 2.85. The molecule has 1 aromatic heterocycles. The fraction of sp³-hybridized carbons (Fsp3) is 0.400. The fourth-order valence-electron chi connectivity index (χ4n) is 2.48. The summed E-state index contributed by atoms with van der Waals surface area (Å²) < 4.78 is 0. The molecule has 1 heterocycles. The van der Waals surface area contributed by atoms with Crippen LogP contribution in [0.2, 0.25) is 0 Å². The van der Waals surface area contributed by atoms with E-state index >= 15 is 0 Å². The van der Waals surface area contributed by atoms with E-state index in [2.05, 4.69) is 29.4 Å². The van der Waals surface area contributed by atoms with Crippen molar-refractivity contribution < 1.29 is 4.79 Å². The Labute approximate surface area is 107 Å². The number of nitrogens with one attached hydrogen (secondary N) is 2. The van der Waals surface area contributed by atoms with E-state index in [1.54, 1.807) is 0 Å². The molecule has 2 N–H and O–H groups in total. The van der Waals surface area contributed by atoms with Crippen LogP contribution in [-0.4, -0.2) is 17.4 Å². The maximum atomic E-state index is 11.7. The zero-order valence-electron chi connectivity index (χ0n) is 10.6. The van der Waals surface area contributed by atoms with Gasteiger partial charge in [0.15, 0.2) is 0 Å². The standard InChI is InChI=1S/C15H18N2O/c1-10-8-13(10)15(18)16-7-6-11-9-17-14-5-3-2-4-12(11)14/h2-5,9-10,13,17H,6-8H2,1H3,(H,16,18). The van der Waals surface area contributed by atoms with Crippen molar-refractivity contribution in [2.45, 2.75) is 19.8 Å². The number of hydrogen-bond donors (Lipinski definition) is 2. The van der Waals surface area contributed by atoms with Crippen molar-refractivity contribution in [3.8, 4) is 0 Å². The van der Waals surface area contributed by atoms with Crippen LogP contribution in [-0.2, 0) is 11.2 Å². The van der Waals surface area contributed by atoms with Gasteiger partial charge in [0, 0.05) is 29.6 Å². The summed E-state index contributed by atoms with van der Waals surface area (Å²) in [6.07, 6.45) is 3.98. The lowest BCUT2D eigenvalue weighted by Gasteiger charge is -2.03. The molecule has 1 amide bonds. The molecule has 2 unspecified atom stereocenters. The van der Waals surface area contributed by atoms with Crippen molar-refractivity contribution in [2.24, 2.45) is 11.8 Å². The molecule has 3 heteroatoms. The molecule has 0 spiro atoms. The van der Waals surface area contributed by atoms with Gasteiger partial charge in [-0.15, -0.1) is 0 Å². The van der Waals surface area contributed by atoms with Crippen LogP contribution in [0, 0.1) is 11.8 Å². The SMILES string of the molecule is CC1CC1C(=O)NCCc1c[nH]c2ccccc12. The monoisotopic (exact) mass is 242 g/mol. The number of fused-ring (bicyclic) bond motifs is 1. The number of rotatable bonds is 4. The molecule has 0 bridgehead atoms. The van der Waals surface area contributed by atoms with Crippen LogP contribution in [0.3, 0.4) is 0 Å². The lowest BCUT2D eigenvalue weighted by atomic mass is 10.1. The molecule has 1 aliphatic carbocycles. The van der Waals surface area contributed by atoms with Crippen LogP contribution in [0.5, 0.6) is 0 Å². The molecular formula is C15H18N2O. The Morgan fingerprint density at radius 2 is 2.22 bits per heavy atom. The van der Waals surface area contributed by atoms with E-state index in [-0.39, 0.29) is 11.8 Å². The van der Waals surface area contributed by atoms with E-state index in [0.29, 0.717) is 5.92 Å². The van der Waals surface area contributed by atoms with Crippen molar-refractivity contribution in [1.29, 1.82) is 0 Å². The van der Waals surface area contributed by atoms with E-state index < -0.39 is 0 Å². The second-order valence-electron chi connectivity index (χ2n) is 5.22. The summed E-state index contributed by atoms with van der Waals surface area (Å²) in [4.78, 5) is 14.9. The summed E-state index contributed by atoms with van der Waals surface area (Å²) in [5.41, 5.74) is 2.43. The maximum absolute atomic E-state index is 11.7. The highest BCUT2D eigenvalue weighted by atomic mass is 16.2. The molecule has 18 heavy (non-hydrogen) atoms. The first-order valence-corrected chi connectivity index (χ1v) is 6.58. The van der Waals surface area contributed by atoms with Gasteiger partial charge >= 0.3 is 0 Å². The van der Waals surface area contributed by atoms with Crippen molar-refractivity contribution in [3.05, 3.63) is 36.0 Å². The number of carbonyl (C=O) groups is 1. The Balaban J connectivity index is 1.58. The molecule has 2 aromatic rings. The van der Waals surface area contributed by atoms with Crippen molar-refractivity contribution in [1.82, 2.24) is 10.3 Å². The number of para-hydroxylation sites is 1. The molecule has 0 saturated heterocycles. The van der Waals surface area contributed by atoms with E-state index in [1.807, 2.05) is 18.3 Å². The first-order valence-electron chi connectivity index (χ1n) is 6.58. The lowest BCUT2D eigenvalue weighted by Crippen LogP contribution is -2.27.